The standard InChI is InChI=1S/C8H17NO3S/c1-8(10)7-13(11,12)9-5-3-2-4-6-9/h8,10H,2-7H2,1H3/t8-/m0/s1. The highest BCUT2D eigenvalue weighted by atomic mass is 32.2. The third-order valence-electron chi connectivity index (χ3n) is 2.16. The Morgan fingerprint density at radius 3 is 2.31 bits per heavy atom. The molecule has 1 atom stereocenters. The maximum Gasteiger partial charge on any atom is 0.216 e. The maximum atomic E-state index is 11.6. The van der Waals surface area contributed by atoms with E-state index in [0.717, 1.165) is 19.3 Å². The second kappa shape index (κ2) is 4.39. The van der Waals surface area contributed by atoms with Crippen LogP contribution in [0.3, 0.4) is 0 Å². The number of hydrogen-bond donors (Lipinski definition) is 1. The van der Waals surface area contributed by atoms with Crippen LogP contribution in [0.15, 0.2) is 0 Å². The van der Waals surface area contributed by atoms with Gasteiger partial charge in [0.2, 0.25) is 10.0 Å². The largest absolute Gasteiger partial charge is 0.392 e. The number of aliphatic hydroxyl groups is 1. The highest BCUT2D eigenvalue weighted by Gasteiger charge is 2.24. The van der Waals surface area contributed by atoms with Crippen LogP contribution in [0.5, 0.6) is 0 Å². The van der Waals surface area contributed by atoms with E-state index in [4.69, 9.17) is 5.11 Å². The second-order valence-corrected chi connectivity index (χ2v) is 5.60. The summed E-state index contributed by atoms with van der Waals surface area (Å²) in [6.07, 6.45) is 2.23. The Labute approximate surface area is 79.6 Å². The van der Waals surface area contributed by atoms with Crippen molar-refractivity contribution in [2.45, 2.75) is 32.3 Å². The van der Waals surface area contributed by atoms with Gasteiger partial charge >= 0.3 is 0 Å². The zero-order valence-electron chi connectivity index (χ0n) is 7.94. The van der Waals surface area contributed by atoms with Crippen LogP contribution in [0.1, 0.15) is 26.2 Å². The predicted octanol–water partition coefficient (Wildman–Crippen LogP) is 0.183. The molecule has 0 spiro atoms. The lowest BCUT2D eigenvalue weighted by molar-refractivity contribution is 0.214. The molecule has 0 aliphatic carbocycles. The topological polar surface area (TPSA) is 57.6 Å². The normalized spacial score (nSPS) is 22.9. The number of sulfonamides is 1. The summed E-state index contributed by atoms with van der Waals surface area (Å²) in [6.45, 7) is 2.74. The molecule has 0 aromatic rings. The predicted molar refractivity (Wildman–Crippen MR) is 50.9 cm³/mol. The Hall–Kier alpha value is -0.130. The van der Waals surface area contributed by atoms with Crippen molar-refractivity contribution in [1.82, 2.24) is 4.31 Å². The summed E-state index contributed by atoms with van der Waals surface area (Å²) in [5.74, 6) is -0.146. The number of rotatable bonds is 3. The van der Waals surface area contributed by atoms with Gasteiger partial charge in [0.25, 0.3) is 0 Å². The fraction of sp³-hybridized carbons (Fsp3) is 1.00. The molecule has 1 aliphatic heterocycles. The highest BCUT2D eigenvalue weighted by Crippen LogP contribution is 2.13. The number of nitrogens with zero attached hydrogens (tertiary/aromatic N) is 1. The third-order valence-corrected chi connectivity index (χ3v) is 4.22. The van der Waals surface area contributed by atoms with Crippen LogP contribution in [0.4, 0.5) is 0 Å². The minimum atomic E-state index is -3.20. The van der Waals surface area contributed by atoms with E-state index in [9.17, 15) is 8.42 Å². The van der Waals surface area contributed by atoms with Gasteiger partial charge in [-0.2, -0.15) is 0 Å². The second-order valence-electron chi connectivity index (χ2n) is 3.59. The van der Waals surface area contributed by atoms with Gasteiger partial charge in [-0.25, -0.2) is 12.7 Å². The molecule has 1 aliphatic rings. The average molecular weight is 207 g/mol. The quantitative estimate of drug-likeness (QED) is 0.718. The number of piperidine rings is 1. The van der Waals surface area contributed by atoms with Gasteiger partial charge in [0.1, 0.15) is 0 Å². The minimum absolute atomic E-state index is 0.146. The van der Waals surface area contributed by atoms with Gasteiger partial charge in [-0.3, -0.25) is 0 Å². The van der Waals surface area contributed by atoms with Crippen molar-refractivity contribution in [3.63, 3.8) is 0 Å². The lowest BCUT2D eigenvalue weighted by Crippen LogP contribution is -2.39. The minimum Gasteiger partial charge on any atom is -0.392 e. The van der Waals surface area contributed by atoms with E-state index >= 15 is 0 Å². The number of aliphatic hydroxyl groups excluding tert-OH is 1. The summed E-state index contributed by atoms with van der Waals surface area (Å²) in [6, 6.07) is 0. The van der Waals surface area contributed by atoms with Gasteiger partial charge < -0.3 is 5.11 Å². The summed E-state index contributed by atoms with van der Waals surface area (Å²) in [7, 11) is -3.20. The van der Waals surface area contributed by atoms with Crippen molar-refractivity contribution in [3.8, 4) is 0 Å². The monoisotopic (exact) mass is 207 g/mol. The van der Waals surface area contributed by atoms with Gasteiger partial charge in [-0.05, 0) is 19.8 Å². The Kier molecular flexibility index (Phi) is 3.70. The molecule has 1 N–H and O–H groups in total. The van der Waals surface area contributed by atoms with Crippen LogP contribution in [-0.2, 0) is 10.0 Å². The molecule has 0 unspecified atom stereocenters. The van der Waals surface area contributed by atoms with E-state index in [1.165, 1.54) is 11.2 Å². The first-order valence-corrected chi connectivity index (χ1v) is 6.29. The Morgan fingerprint density at radius 2 is 1.85 bits per heavy atom. The van der Waals surface area contributed by atoms with Gasteiger partial charge in [0.05, 0.1) is 11.9 Å². The van der Waals surface area contributed by atoms with Crippen molar-refractivity contribution < 1.29 is 13.5 Å². The zero-order valence-corrected chi connectivity index (χ0v) is 8.76. The SMILES string of the molecule is C[C@H](O)CS(=O)(=O)N1CCCCC1. The van der Waals surface area contributed by atoms with E-state index in [0.29, 0.717) is 13.1 Å². The van der Waals surface area contributed by atoms with Crippen molar-refractivity contribution in [2.75, 3.05) is 18.8 Å². The van der Waals surface area contributed by atoms with Crippen LogP contribution >= 0.6 is 0 Å². The van der Waals surface area contributed by atoms with Gasteiger partial charge in [0, 0.05) is 13.1 Å². The fourth-order valence-corrected chi connectivity index (χ4v) is 3.19. The first-order valence-electron chi connectivity index (χ1n) is 4.68. The summed E-state index contributed by atoms with van der Waals surface area (Å²) < 4.78 is 24.6. The zero-order chi connectivity index (χ0) is 9.90. The molecule has 78 valence electrons. The van der Waals surface area contributed by atoms with Crippen LogP contribution in [0.2, 0.25) is 0 Å². The molecule has 13 heavy (non-hydrogen) atoms. The average Bonchev–Trinajstić information content (AvgIpc) is 2.04. The first-order chi connectivity index (χ1) is 6.02. The lowest BCUT2D eigenvalue weighted by Gasteiger charge is -2.26. The van der Waals surface area contributed by atoms with Crippen molar-refractivity contribution >= 4 is 10.0 Å². The van der Waals surface area contributed by atoms with Gasteiger partial charge in [-0.15, -0.1) is 0 Å². The van der Waals surface area contributed by atoms with Crippen LogP contribution in [-0.4, -0.2) is 42.8 Å². The van der Waals surface area contributed by atoms with Gasteiger partial charge in [-0.1, -0.05) is 6.42 Å². The summed E-state index contributed by atoms with van der Waals surface area (Å²) in [5, 5.41) is 9.01. The molecule has 5 heteroatoms. The molecule has 0 aromatic heterocycles. The van der Waals surface area contributed by atoms with E-state index in [1.54, 1.807) is 0 Å². The lowest BCUT2D eigenvalue weighted by atomic mass is 10.2. The Morgan fingerprint density at radius 1 is 1.31 bits per heavy atom. The molecule has 0 radical (unpaired) electrons. The third kappa shape index (κ3) is 3.25. The van der Waals surface area contributed by atoms with Gasteiger partial charge in [0.15, 0.2) is 0 Å². The molecule has 1 rings (SSSR count). The highest BCUT2D eigenvalue weighted by molar-refractivity contribution is 7.89. The molecule has 1 heterocycles. The Balaban J connectivity index is 2.57. The summed E-state index contributed by atoms with van der Waals surface area (Å²) in [4.78, 5) is 0. The molecule has 0 amide bonds. The molecule has 1 saturated heterocycles. The molecular weight excluding hydrogens is 190 g/mol. The molecule has 0 bridgehead atoms. The van der Waals surface area contributed by atoms with Crippen LogP contribution < -0.4 is 0 Å². The van der Waals surface area contributed by atoms with Crippen molar-refractivity contribution in [3.05, 3.63) is 0 Å². The van der Waals surface area contributed by atoms with E-state index in [2.05, 4.69) is 0 Å². The molecule has 1 fully saturated rings. The summed E-state index contributed by atoms with van der Waals surface area (Å²) in [5.41, 5.74) is 0. The van der Waals surface area contributed by atoms with Crippen molar-refractivity contribution in [2.24, 2.45) is 0 Å². The molecular formula is C8H17NO3S. The van der Waals surface area contributed by atoms with Crippen molar-refractivity contribution in [1.29, 1.82) is 0 Å². The smallest absolute Gasteiger partial charge is 0.216 e. The van der Waals surface area contributed by atoms with E-state index in [1.807, 2.05) is 0 Å². The van der Waals surface area contributed by atoms with E-state index in [-0.39, 0.29) is 5.75 Å². The first kappa shape index (κ1) is 10.9. The molecule has 4 nitrogen and oxygen atoms in total. The Bertz CT molecular complexity index is 242. The number of hydrogen-bond acceptors (Lipinski definition) is 3. The molecule has 0 aromatic carbocycles. The fourth-order valence-electron chi connectivity index (χ4n) is 1.55. The maximum absolute atomic E-state index is 11.6. The van der Waals surface area contributed by atoms with Crippen LogP contribution in [0, 0.1) is 0 Å². The summed E-state index contributed by atoms with van der Waals surface area (Å²) >= 11 is 0. The molecule has 0 saturated carbocycles. The van der Waals surface area contributed by atoms with Crippen LogP contribution in [0.25, 0.3) is 0 Å². The van der Waals surface area contributed by atoms with E-state index < -0.39 is 16.1 Å².